The summed E-state index contributed by atoms with van der Waals surface area (Å²) in [7, 11) is 1.23. The second-order valence-electron chi connectivity index (χ2n) is 6.55. The summed E-state index contributed by atoms with van der Waals surface area (Å²) in [5.74, 6) is -1.36. The van der Waals surface area contributed by atoms with E-state index in [0.29, 0.717) is 22.5 Å². The van der Waals surface area contributed by atoms with Crippen LogP contribution in [-0.4, -0.2) is 35.6 Å². The first-order valence-electron chi connectivity index (χ1n) is 9.61. The molecule has 32 heavy (non-hydrogen) atoms. The van der Waals surface area contributed by atoms with Crippen LogP contribution in [0.3, 0.4) is 0 Å². The van der Waals surface area contributed by atoms with Crippen molar-refractivity contribution >= 4 is 33.6 Å². The predicted molar refractivity (Wildman–Crippen MR) is 122 cm³/mol. The molecular formula is C23H19BrN2O6. The van der Waals surface area contributed by atoms with Gasteiger partial charge in [-0.2, -0.15) is 0 Å². The fourth-order valence-electron chi connectivity index (χ4n) is 3.30. The number of esters is 2. The Kier molecular flexibility index (Phi) is 7.32. The smallest absolute Gasteiger partial charge is 0.341 e. The zero-order valence-corrected chi connectivity index (χ0v) is 18.9. The molecular weight excluding hydrogens is 480 g/mol. The van der Waals surface area contributed by atoms with Gasteiger partial charge in [-0.05, 0) is 24.6 Å². The number of methoxy groups -OCH3 is 1. The van der Waals surface area contributed by atoms with Gasteiger partial charge in [-0.1, -0.05) is 46.3 Å². The molecule has 0 aliphatic carbocycles. The van der Waals surface area contributed by atoms with Crippen LogP contribution in [0.2, 0.25) is 0 Å². The number of aromatic nitrogens is 1. The molecule has 0 saturated carbocycles. The molecule has 0 amide bonds. The first kappa shape index (κ1) is 23.1. The Morgan fingerprint density at radius 3 is 2.19 bits per heavy atom. The molecule has 0 N–H and O–H groups in total. The van der Waals surface area contributed by atoms with Gasteiger partial charge in [-0.15, -0.1) is 0 Å². The fourth-order valence-corrected chi connectivity index (χ4v) is 3.70. The highest BCUT2D eigenvalue weighted by atomic mass is 79.9. The number of nitro groups is 1. The van der Waals surface area contributed by atoms with Gasteiger partial charge in [-0.25, -0.2) is 9.59 Å². The summed E-state index contributed by atoms with van der Waals surface area (Å²) in [6.45, 7) is 1.79. The normalized spacial score (nSPS) is 10.5. The Hall–Kier alpha value is -3.59. The Morgan fingerprint density at radius 1 is 1.00 bits per heavy atom. The van der Waals surface area contributed by atoms with Crippen LogP contribution in [-0.2, 0) is 14.8 Å². The monoisotopic (exact) mass is 498 g/mol. The molecule has 164 valence electrons. The Balaban J connectivity index is 2.47. The number of carbonyl (C=O) groups excluding carboxylic acids is 2. The lowest BCUT2D eigenvalue weighted by molar-refractivity contribution is -0.384. The van der Waals surface area contributed by atoms with Gasteiger partial charge in [0.2, 0.25) is 0 Å². The van der Waals surface area contributed by atoms with Crippen LogP contribution in [0.15, 0.2) is 54.6 Å². The van der Waals surface area contributed by atoms with Crippen molar-refractivity contribution in [3.63, 3.8) is 0 Å². The van der Waals surface area contributed by atoms with Gasteiger partial charge < -0.3 is 9.47 Å². The van der Waals surface area contributed by atoms with Crippen LogP contribution in [0.1, 0.15) is 33.3 Å². The topological polar surface area (TPSA) is 109 Å². The van der Waals surface area contributed by atoms with Gasteiger partial charge >= 0.3 is 11.9 Å². The number of carbonyl (C=O) groups is 2. The number of nitro benzene ring substituents is 1. The third kappa shape index (κ3) is 4.52. The number of hydrogen-bond acceptors (Lipinski definition) is 7. The van der Waals surface area contributed by atoms with Crippen LogP contribution in [0.5, 0.6) is 0 Å². The standard InChI is InChI=1S/C23H19BrN2O6/c1-3-32-23(28)20-18(14-9-11-16(12-10-14)26(29)30)19(22(27)31-2)17(13-24)25-21(20)15-7-5-4-6-8-15/h4-12H,3,13H2,1-2H3. The van der Waals surface area contributed by atoms with E-state index in [9.17, 15) is 19.7 Å². The van der Waals surface area contributed by atoms with E-state index < -0.39 is 16.9 Å². The number of ether oxygens (including phenoxy) is 2. The zero-order valence-electron chi connectivity index (χ0n) is 17.3. The molecule has 0 fully saturated rings. The summed E-state index contributed by atoms with van der Waals surface area (Å²) in [5.41, 5.74) is 2.05. The molecule has 0 bridgehead atoms. The molecule has 3 aromatic rings. The van der Waals surface area contributed by atoms with E-state index in [1.54, 1.807) is 31.2 Å². The summed E-state index contributed by atoms with van der Waals surface area (Å²) in [6, 6.07) is 14.6. The maximum atomic E-state index is 13.1. The second-order valence-corrected chi connectivity index (χ2v) is 7.11. The molecule has 0 aliphatic rings. The molecule has 1 heterocycles. The van der Waals surface area contributed by atoms with E-state index in [1.165, 1.54) is 31.4 Å². The van der Waals surface area contributed by atoms with Crippen LogP contribution in [0, 0.1) is 10.1 Å². The highest BCUT2D eigenvalue weighted by Gasteiger charge is 2.30. The van der Waals surface area contributed by atoms with Crippen LogP contribution in [0.4, 0.5) is 5.69 Å². The minimum atomic E-state index is -0.689. The first-order valence-corrected chi connectivity index (χ1v) is 10.7. The third-order valence-corrected chi connectivity index (χ3v) is 5.21. The Bertz CT molecular complexity index is 1160. The molecule has 0 aliphatic heterocycles. The Morgan fingerprint density at radius 2 is 1.66 bits per heavy atom. The Labute approximate surface area is 192 Å². The number of halogens is 1. The average molecular weight is 499 g/mol. The number of pyridine rings is 1. The zero-order chi connectivity index (χ0) is 23.3. The van der Waals surface area contributed by atoms with Gasteiger partial charge in [0, 0.05) is 28.6 Å². The largest absolute Gasteiger partial charge is 0.465 e. The highest BCUT2D eigenvalue weighted by molar-refractivity contribution is 9.08. The van der Waals surface area contributed by atoms with E-state index in [-0.39, 0.29) is 34.3 Å². The molecule has 0 saturated heterocycles. The summed E-state index contributed by atoms with van der Waals surface area (Å²) in [5, 5.41) is 11.3. The van der Waals surface area contributed by atoms with E-state index in [0.717, 1.165) is 0 Å². The highest BCUT2D eigenvalue weighted by Crippen LogP contribution is 2.38. The first-order chi connectivity index (χ1) is 15.4. The minimum absolute atomic E-state index is 0.0806. The lowest BCUT2D eigenvalue weighted by Gasteiger charge is -2.19. The summed E-state index contributed by atoms with van der Waals surface area (Å²) in [6.07, 6.45) is 0. The molecule has 8 nitrogen and oxygen atoms in total. The average Bonchev–Trinajstić information content (AvgIpc) is 2.82. The van der Waals surface area contributed by atoms with Crippen molar-refractivity contribution in [2.75, 3.05) is 13.7 Å². The molecule has 0 spiro atoms. The number of hydrogen-bond donors (Lipinski definition) is 0. The van der Waals surface area contributed by atoms with E-state index in [4.69, 9.17) is 9.47 Å². The van der Waals surface area contributed by atoms with E-state index in [2.05, 4.69) is 20.9 Å². The molecule has 0 atom stereocenters. The summed E-state index contributed by atoms with van der Waals surface area (Å²) >= 11 is 3.37. The van der Waals surface area contributed by atoms with Gasteiger partial charge in [-0.3, -0.25) is 15.1 Å². The number of non-ortho nitro benzene ring substituents is 1. The number of rotatable bonds is 7. The van der Waals surface area contributed by atoms with Crippen molar-refractivity contribution in [1.82, 2.24) is 4.98 Å². The minimum Gasteiger partial charge on any atom is -0.465 e. The molecule has 3 rings (SSSR count). The lowest BCUT2D eigenvalue weighted by Crippen LogP contribution is -2.17. The van der Waals surface area contributed by atoms with E-state index >= 15 is 0 Å². The van der Waals surface area contributed by atoms with Crippen molar-refractivity contribution in [2.45, 2.75) is 12.3 Å². The van der Waals surface area contributed by atoms with Crippen LogP contribution >= 0.6 is 15.9 Å². The van der Waals surface area contributed by atoms with Gasteiger partial charge in [0.1, 0.15) is 0 Å². The van der Waals surface area contributed by atoms with Gasteiger partial charge in [0.15, 0.2) is 0 Å². The summed E-state index contributed by atoms with van der Waals surface area (Å²) < 4.78 is 10.3. The maximum absolute atomic E-state index is 13.1. The van der Waals surface area contributed by atoms with Crippen molar-refractivity contribution in [1.29, 1.82) is 0 Å². The second kappa shape index (κ2) is 10.1. The molecule has 9 heteroatoms. The van der Waals surface area contributed by atoms with Crippen LogP contribution in [0.25, 0.3) is 22.4 Å². The SMILES string of the molecule is CCOC(=O)c1c(-c2ccccc2)nc(CBr)c(C(=O)OC)c1-c1ccc([N+](=O)[O-])cc1. The molecule has 2 aromatic carbocycles. The fraction of sp³-hybridized carbons (Fsp3) is 0.174. The van der Waals surface area contributed by atoms with E-state index in [1.807, 2.05) is 6.07 Å². The molecule has 1 aromatic heterocycles. The predicted octanol–water partition coefficient (Wildman–Crippen LogP) is 5.18. The number of benzene rings is 2. The van der Waals surface area contributed by atoms with Gasteiger partial charge in [0.05, 0.1) is 41.2 Å². The van der Waals surface area contributed by atoms with Crippen molar-refractivity contribution in [3.05, 3.63) is 81.5 Å². The van der Waals surface area contributed by atoms with Crippen LogP contribution < -0.4 is 0 Å². The molecule has 0 unspecified atom stereocenters. The number of nitrogens with zero attached hydrogens (tertiary/aromatic N) is 2. The van der Waals surface area contributed by atoms with Crippen molar-refractivity contribution in [3.8, 4) is 22.4 Å². The lowest BCUT2D eigenvalue weighted by atomic mass is 9.90. The summed E-state index contributed by atoms with van der Waals surface area (Å²) in [4.78, 5) is 41.1. The van der Waals surface area contributed by atoms with Gasteiger partial charge in [0.25, 0.3) is 5.69 Å². The quantitative estimate of drug-likeness (QED) is 0.191. The number of alkyl halides is 1. The molecule has 0 radical (unpaired) electrons. The third-order valence-electron chi connectivity index (χ3n) is 4.68. The van der Waals surface area contributed by atoms with Crippen molar-refractivity contribution in [2.24, 2.45) is 0 Å². The van der Waals surface area contributed by atoms with Crippen molar-refractivity contribution < 1.29 is 24.0 Å². The maximum Gasteiger partial charge on any atom is 0.341 e.